The Morgan fingerprint density at radius 2 is 1.84 bits per heavy atom. The van der Waals surface area contributed by atoms with Crippen molar-refractivity contribution in [1.29, 1.82) is 0 Å². The van der Waals surface area contributed by atoms with Crippen LogP contribution in [0.4, 0.5) is 5.95 Å². The lowest BCUT2D eigenvalue weighted by atomic mass is 9.88. The molecule has 32 heavy (non-hydrogen) atoms. The summed E-state index contributed by atoms with van der Waals surface area (Å²) in [7, 11) is 1.63. The molecule has 1 amide bonds. The third kappa shape index (κ3) is 3.88. The fraction of sp³-hybridized carbons (Fsp3) is 0.400. The van der Waals surface area contributed by atoms with Gasteiger partial charge in [-0.25, -0.2) is 4.98 Å². The average molecular weight is 436 g/mol. The van der Waals surface area contributed by atoms with Gasteiger partial charge in [0.25, 0.3) is 0 Å². The number of hydrogen-bond acceptors (Lipinski definition) is 5. The number of carbonyl (C=O) groups excluding carboxylic acids is 2. The third-order valence-electron chi connectivity index (χ3n) is 5.94. The number of ether oxygens (including phenoxy) is 2. The normalized spacial score (nSPS) is 18.1. The van der Waals surface area contributed by atoms with Crippen LogP contribution in [-0.4, -0.2) is 48.3 Å². The summed E-state index contributed by atoms with van der Waals surface area (Å²) in [6, 6.07) is 15.3. The van der Waals surface area contributed by atoms with Gasteiger partial charge < -0.3 is 14.0 Å². The van der Waals surface area contributed by atoms with Crippen molar-refractivity contribution in [2.75, 3.05) is 31.8 Å². The smallest absolute Gasteiger partial charge is 0.321 e. The predicted molar refractivity (Wildman–Crippen MR) is 123 cm³/mol. The molecule has 1 aliphatic heterocycles. The standard InChI is InChI=1S/C25H29N3O4/c1-4-17-11-13-18(14-12-17)22-21(24(30)32-5-2)23(29)27(15-8-16-31-3)25-26-19-9-6-7-10-20(19)28(22)25/h6-7,9-14,21-22H,4-5,8,15-16H2,1-3H3/t21-,22+/m0/s1. The minimum Gasteiger partial charge on any atom is -0.465 e. The molecular weight excluding hydrogens is 406 g/mol. The highest BCUT2D eigenvalue weighted by molar-refractivity contribution is 6.08. The molecule has 2 aromatic carbocycles. The van der Waals surface area contributed by atoms with Gasteiger partial charge >= 0.3 is 5.97 Å². The van der Waals surface area contributed by atoms with E-state index in [-0.39, 0.29) is 12.5 Å². The maximum atomic E-state index is 13.7. The van der Waals surface area contributed by atoms with E-state index in [0.29, 0.717) is 25.5 Å². The van der Waals surface area contributed by atoms with Gasteiger partial charge in [0.1, 0.15) is 0 Å². The summed E-state index contributed by atoms with van der Waals surface area (Å²) >= 11 is 0. The van der Waals surface area contributed by atoms with Gasteiger partial charge in [0.05, 0.1) is 23.7 Å². The molecule has 7 heteroatoms. The number of para-hydroxylation sites is 2. The molecule has 0 saturated carbocycles. The van der Waals surface area contributed by atoms with Crippen molar-refractivity contribution >= 4 is 28.9 Å². The monoisotopic (exact) mass is 435 g/mol. The number of esters is 1. The van der Waals surface area contributed by atoms with Gasteiger partial charge in [-0.3, -0.25) is 14.5 Å². The van der Waals surface area contributed by atoms with Gasteiger partial charge in [0.15, 0.2) is 5.92 Å². The van der Waals surface area contributed by atoms with Gasteiger partial charge in [0.2, 0.25) is 11.9 Å². The Bertz CT molecular complexity index is 1110. The minimum atomic E-state index is -0.991. The van der Waals surface area contributed by atoms with Crippen LogP contribution in [0, 0.1) is 5.92 Å². The molecule has 0 fully saturated rings. The summed E-state index contributed by atoms with van der Waals surface area (Å²) in [5.41, 5.74) is 3.74. The zero-order valence-corrected chi connectivity index (χ0v) is 18.8. The molecular formula is C25H29N3O4. The van der Waals surface area contributed by atoms with E-state index in [1.165, 1.54) is 5.56 Å². The van der Waals surface area contributed by atoms with Crippen LogP contribution in [0.2, 0.25) is 0 Å². The molecule has 168 valence electrons. The molecule has 3 aromatic rings. The van der Waals surface area contributed by atoms with Crippen molar-refractivity contribution in [3.05, 3.63) is 59.7 Å². The van der Waals surface area contributed by atoms with Crippen LogP contribution in [-0.2, 0) is 25.5 Å². The van der Waals surface area contributed by atoms with Crippen molar-refractivity contribution in [2.45, 2.75) is 32.7 Å². The average Bonchev–Trinajstić information content (AvgIpc) is 3.19. The second kappa shape index (κ2) is 9.53. The van der Waals surface area contributed by atoms with Crippen molar-refractivity contribution < 1.29 is 19.1 Å². The SMILES string of the molecule is CCOC(=O)[C@@H]1C(=O)N(CCCOC)c2nc3ccccc3n2[C@@H]1c1ccc(CC)cc1. The molecule has 0 unspecified atom stereocenters. The summed E-state index contributed by atoms with van der Waals surface area (Å²) in [6.07, 6.45) is 1.55. The first-order chi connectivity index (χ1) is 15.6. The molecule has 0 N–H and O–H groups in total. The summed E-state index contributed by atoms with van der Waals surface area (Å²) in [4.78, 5) is 33.2. The van der Waals surface area contributed by atoms with Crippen LogP contribution in [0.1, 0.15) is 37.4 Å². The van der Waals surface area contributed by atoms with Gasteiger partial charge in [0, 0.05) is 20.3 Å². The number of aryl methyl sites for hydroxylation is 1. The number of imidazole rings is 1. The fourth-order valence-corrected chi connectivity index (χ4v) is 4.38. The van der Waals surface area contributed by atoms with Crippen molar-refractivity contribution in [2.24, 2.45) is 5.92 Å². The van der Waals surface area contributed by atoms with Gasteiger partial charge in [-0.1, -0.05) is 43.3 Å². The second-order valence-corrected chi connectivity index (χ2v) is 7.88. The van der Waals surface area contributed by atoms with Crippen LogP contribution >= 0.6 is 0 Å². The van der Waals surface area contributed by atoms with Crippen LogP contribution in [0.15, 0.2) is 48.5 Å². The van der Waals surface area contributed by atoms with Crippen LogP contribution < -0.4 is 4.90 Å². The number of rotatable bonds is 8. The van der Waals surface area contributed by atoms with E-state index in [1.807, 2.05) is 53.1 Å². The molecule has 0 radical (unpaired) electrons. The Morgan fingerprint density at radius 3 is 2.53 bits per heavy atom. The molecule has 1 aromatic heterocycles. The number of amides is 1. The molecule has 0 aliphatic carbocycles. The van der Waals surface area contributed by atoms with Crippen molar-refractivity contribution in [3.8, 4) is 0 Å². The van der Waals surface area contributed by atoms with Crippen LogP contribution in [0.3, 0.4) is 0 Å². The topological polar surface area (TPSA) is 73.7 Å². The van der Waals surface area contributed by atoms with Crippen molar-refractivity contribution in [3.63, 3.8) is 0 Å². The summed E-state index contributed by atoms with van der Waals surface area (Å²) in [6.45, 7) is 4.99. The van der Waals surface area contributed by atoms with E-state index in [2.05, 4.69) is 6.92 Å². The predicted octanol–water partition coefficient (Wildman–Crippen LogP) is 3.75. The molecule has 0 spiro atoms. The highest BCUT2D eigenvalue weighted by Gasteiger charge is 2.47. The number of methoxy groups -OCH3 is 1. The van der Waals surface area contributed by atoms with E-state index in [0.717, 1.165) is 23.0 Å². The van der Waals surface area contributed by atoms with Gasteiger partial charge in [-0.2, -0.15) is 0 Å². The minimum absolute atomic E-state index is 0.214. The summed E-state index contributed by atoms with van der Waals surface area (Å²) < 4.78 is 12.6. The maximum Gasteiger partial charge on any atom is 0.321 e. The largest absolute Gasteiger partial charge is 0.465 e. The molecule has 0 saturated heterocycles. The first-order valence-corrected chi connectivity index (χ1v) is 11.1. The summed E-state index contributed by atoms with van der Waals surface area (Å²) in [5.74, 6) is -1.23. The number of hydrogen-bond donors (Lipinski definition) is 0. The van der Waals surface area contributed by atoms with Crippen LogP contribution in [0.5, 0.6) is 0 Å². The lowest BCUT2D eigenvalue weighted by Crippen LogP contribution is -2.50. The highest BCUT2D eigenvalue weighted by atomic mass is 16.5. The fourth-order valence-electron chi connectivity index (χ4n) is 4.38. The number of aromatic nitrogens is 2. The molecule has 1 aliphatic rings. The Morgan fingerprint density at radius 1 is 1.09 bits per heavy atom. The lowest BCUT2D eigenvalue weighted by molar-refractivity contribution is -0.153. The van der Waals surface area contributed by atoms with E-state index in [9.17, 15) is 9.59 Å². The molecule has 0 bridgehead atoms. The van der Waals surface area contributed by atoms with Gasteiger partial charge in [-0.05, 0) is 43.0 Å². The van der Waals surface area contributed by atoms with E-state index in [1.54, 1.807) is 18.9 Å². The first-order valence-electron chi connectivity index (χ1n) is 11.1. The molecule has 2 heterocycles. The van der Waals surface area contributed by atoms with Crippen molar-refractivity contribution in [1.82, 2.24) is 9.55 Å². The molecule has 2 atom stereocenters. The third-order valence-corrected chi connectivity index (χ3v) is 5.94. The Kier molecular flexibility index (Phi) is 6.55. The molecule has 4 rings (SSSR count). The van der Waals surface area contributed by atoms with E-state index >= 15 is 0 Å². The first kappa shape index (κ1) is 22.0. The van der Waals surface area contributed by atoms with Crippen LogP contribution in [0.25, 0.3) is 11.0 Å². The maximum absolute atomic E-state index is 13.7. The van der Waals surface area contributed by atoms with E-state index < -0.39 is 17.9 Å². The number of fused-ring (bicyclic) bond motifs is 3. The number of benzene rings is 2. The Balaban J connectivity index is 1.92. The number of nitrogens with zero attached hydrogens (tertiary/aromatic N) is 3. The molecule has 7 nitrogen and oxygen atoms in total. The Labute approximate surface area is 187 Å². The summed E-state index contributed by atoms with van der Waals surface area (Å²) in [5, 5.41) is 0. The van der Waals surface area contributed by atoms with E-state index in [4.69, 9.17) is 14.5 Å². The lowest BCUT2D eigenvalue weighted by Gasteiger charge is -2.38. The highest BCUT2D eigenvalue weighted by Crippen LogP contribution is 2.41. The zero-order chi connectivity index (χ0) is 22.7. The Hall–Kier alpha value is -3.19. The quantitative estimate of drug-likeness (QED) is 0.306. The number of carbonyl (C=O) groups is 2. The zero-order valence-electron chi connectivity index (χ0n) is 18.8. The second-order valence-electron chi connectivity index (χ2n) is 7.88. The van der Waals surface area contributed by atoms with Gasteiger partial charge in [-0.15, -0.1) is 0 Å². The number of anilines is 1.